The molecule has 1 aliphatic rings. The van der Waals surface area contributed by atoms with Crippen LogP contribution in [0, 0.1) is 0 Å². The maximum absolute atomic E-state index is 12.0. The van der Waals surface area contributed by atoms with Crippen LogP contribution >= 0.6 is 12.4 Å². The first-order chi connectivity index (χ1) is 7.10. The maximum Gasteiger partial charge on any atom is 0.246 e. The van der Waals surface area contributed by atoms with E-state index in [0.717, 1.165) is 0 Å². The van der Waals surface area contributed by atoms with Crippen LogP contribution in [0.4, 0.5) is 0 Å². The summed E-state index contributed by atoms with van der Waals surface area (Å²) in [4.78, 5) is 0.270. The molecule has 0 amide bonds. The molecule has 1 aromatic rings. The van der Waals surface area contributed by atoms with Gasteiger partial charge in [0.1, 0.15) is 4.90 Å². The fourth-order valence-electron chi connectivity index (χ4n) is 1.57. The number of hydrogen-bond donors (Lipinski definition) is 1. The minimum atomic E-state index is -3.33. The molecule has 1 N–H and O–H groups in total. The monoisotopic (exact) mass is 266 g/mol. The molecule has 0 aromatic carbocycles. The van der Waals surface area contributed by atoms with E-state index in [1.807, 2.05) is 0 Å². The van der Waals surface area contributed by atoms with Crippen molar-refractivity contribution < 1.29 is 8.42 Å². The molecule has 0 aliphatic carbocycles. The van der Waals surface area contributed by atoms with E-state index in [1.54, 1.807) is 7.05 Å². The summed E-state index contributed by atoms with van der Waals surface area (Å²) in [6.45, 7) is 2.47. The van der Waals surface area contributed by atoms with Crippen LogP contribution in [-0.4, -0.2) is 48.7 Å². The number of piperazine rings is 1. The minimum Gasteiger partial charge on any atom is -0.314 e. The molecule has 8 heteroatoms. The quantitative estimate of drug-likeness (QED) is 0.779. The molecule has 0 unspecified atom stereocenters. The zero-order valence-electron chi connectivity index (χ0n) is 8.96. The zero-order chi connectivity index (χ0) is 10.9. The van der Waals surface area contributed by atoms with E-state index < -0.39 is 10.0 Å². The van der Waals surface area contributed by atoms with Crippen LogP contribution in [0.1, 0.15) is 0 Å². The molecule has 6 nitrogen and oxygen atoms in total. The largest absolute Gasteiger partial charge is 0.314 e. The van der Waals surface area contributed by atoms with Crippen molar-refractivity contribution in [1.82, 2.24) is 19.4 Å². The average molecular weight is 267 g/mol. The van der Waals surface area contributed by atoms with Crippen molar-refractivity contribution in [3.63, 3.8) is 0 Å². The topological polar surface area (TPSA) is 67.2 Å². The predicted octanol–water partition coefficient (Wildman–Crippen LogP) is -0.564. The summed E-state index contributed by atoms with van der Waals surface area (Å²) < 4.78 is 27.1. The molecule has 0 saturated carbocycles. The molecule has 0 bridgehead atoms. The Balaban J connectivity index is 0.00000128. The third-order valence-corrected chi connectivity index (χ3v) is 4.25. The van der Waals surface area contributed by atoms with Gasteiger partial charge < -0.3 is 5.32 Å². The van der Waals surface area contributed by atoms with Gasteiger partial charge in [0.05, 0.1) is 6.20 Å². The Labute approximate surface area is 101 Å². The highest BCUT2D eigenvalue weighted by molar-refractivity contribution is 7.89. The molecule has 1 fully saturated rings. The van der Waals surface area contributed by atoms with E-state index in [0.29, 0.717) is 26.2 Å². The van der Waals surface area contributed by atoms with Gasteiger partial charge in [0.2, 0.25) is 10.0 Å². The van der Waals surface area contributed by atoms with Gasteiger partial charge in [-0.1, -0.05) is 0 Å². The zero-order valence-corrected chi connectivity index (χ0v) is 10.6. The van der Waals surface area contributed by atoms with E-state index in [-0.39, 0.29) is 17.3 Å². The summed E-state index contributed by atoms with van der Waals surface area (Å²) >= 11 is 0. The van der Waals surface area contributed by atoms with Gasteiger partial charge in [-0.25, -0.2) is 8.42 Å². The Morgan fingerprint density at radius 3 is 2.50 bits per heavy atom. The molecule has 1 aliphatic heterocycles. The van der Waals surface area contributed by atoms with Crippen LogP contribution in [-0.2, 0) is 17.1 Å². The standard InChI is InChI=1S/C8H14N4O2S.ClH/c1-11-7-8(6-10-11)15(13,14)12-4-2-9-3-5-12;/h6-7,9H,2-5H2,1H3;1H. The lowest BCUT2D eigenvalue weighted by atomic mass is 10.4. The number of sulfonamides is 1. The first-order valence-electron chi connectivity index (χ1n) is 4.80. The molecule has 1 aromatic heterocycles. The van der Waals surface area contributed by atoms with Crippen LogP contribution in [0.15, 0.2) is 17.3 Å². The minimum absolute atomic E-state index is 0. The van der Waals surface area contributed by atoms with Crippen molar-refractivity contribution in [2.45, 2.75) is 4.90 Å². The van der Waals surface area contributed by atoms with Crippen LogP contribution in [0.5, 0.6) is 0 Å². The fraction of sp³-hybridized carbons (Fsp3) is 0.625. The molecule has 0 radical (unpaired) electrons. The summed E-state index contributed by atoms with van der Waals surface area (Å²) in [6.07, 6.45) is 2.91. The van der Waals surface area contributed by atoms with Crippen LogP contribution in [0.25, 0.3) is 0 Å². The van der Waals surface area contributed by atoms with Gasteiger partial charge in [0.25, 0.3) is 0 Å². The van der Waals surface area contributed by atoms with Crippen molar-refractivity contribution in [3.8, 4) is 0 Å². The summed E-state index contributed by atoms with van der Waals surface area (Å²) in [6, 6.07) is 0. The lowest BCUT2D eigenvalue weighted by Gasteiger charge is -2.25. The molecule has 0 atom stereocenters. The molecule has 92 valence electrons. The second-order valence-electron chi connectivity index (χ2n) is 3.50. The summed E-state index contributed by atoms with van der Waals surface area (Å²) in [5.74, 6) is 0. The molecule has 1 saturated heterocycles. The fourth-order valence-corrected chi connectivity index (χ4v) is 2.99. The number of rotatable bonds is 2. The third-order valence-electron chi connectivity index (χ3n) is 2.39. The molecule has 2 rings (SSSR count). The lowest BCUT2D eigenvalue weighted by molar-refractivity contribution is 0.360. The number of halogens is 1. The number of hydrogen-bond acceptors (Lipinski definition) is 4. The number of nitrogens with zero attached hydrogens (tertiary/aromatic N) is 3. The smallest absolute Gasteiger partial charge is 0.246 e. The molecule has 2 heterocycles. The SMILES string of the molecule is Cl.Cn1cc(S(=O)(=O)N2CCNCC2)cn1. The van der Waals surface area contributed by atoms with E-state index in [1.165, 1.54) is 21.4 Å². The first-order valence-corrected chi connectivity index (χ1v) is 6.24. The normalized spacial score (nSPS) is 18.1. The Hall–Kier alpha value is -0.630. The van der Waals surface area contributed by atoms with Crippen molar-refractivity contribution >= 4 is 22.4 Å². The van der Waals surface area contributed by atoms with Gasteiger partial charge in [-0.3, -0.25) is 4.68 Å². The maximum atomic E-state index is 12.0. The number of aryl methyl sites for hydroxylation is 1. The van der Waals surface area contributed by atoms with E-state index in [9.17, 15) is 8.42 Å². The van der Waals surface area contributed by atoms with Crippen molar-refractivity contribution in [1.29, 1.82) is 0 Å². The van der Waals surface area contributed by atoms with Crippen molar-refractivity contribution in [2.24, 2.45) is 7.05 Å². The summed E-state index contributed by atoms with van der Waals surface area (Å²) in [5, 5.41) is 6.99. The van der Waals surface area contributed by atoms with Gasteiger partial charge in [0, 0.05) is 39.4 Å². The van der Waals surface area contributed by atoms with Gasteiger partial charge in [-0.2, -0.15) is 9.40 Å². The molecule has 16 heavy (non-hydrogen) atoms. The van der Waals surface area contributed by atoms with Crippen molar-refractivity contribution in [2.75, 3.05) is 26.2 Å². The predicted molar refractivity (Wildman–Crippen MR) is 62.1 cm³/mol. The summed E-state index contributed by atoms with van der Waals surface area (Å²) in [5.41, 5.74) is 0. The second kappa shape index (κ2) is 5.13. The van der Waals surface area contributed by atoms with Gasteiger partial charge in [0.15, 0.2) is 0 Å². The van der Waals surface area contributed by atoms with Crippen LogP contribution in [0.2, 0.25) is 0 Å². The Bertz CT molecular complexity index is 439. The van der Waals surface area contributed by atoms with Crippen LogP contribution in [0.3, 0.4) is 0 Å². The third kappa shape index (κ3) is 2.54. The Morgan fingerprint density at radius 2 is 2.00 bits per heavy atom. The van der Waals surface area contributed by atoms with E-state index in [2.05, 4.69) is 10.4 Å². The highest BCUT2D eigenvalue weighted by Gasteiger charge is 2.26. The highest BCUT2D eigenvalue weighted by atomic mass is 35.5. The van der Waals surface area contributed by atoms with Crippen LogP contribution < -0.4 is 5.32 Å². The average Bonchev–Trinajstić information content (AvgIpc) is 2.67. The lowest BCUT2D eigenvalue weighted by Crippen LogP contribution is -2.46. The van der Waals surface area contributed by atoms with E-state index in [4.69, 9.17) is 0 Å². The molecular formula is C8H15ClN4O2S. The van der Waals surface area contributed by atoms with Gasteiger partial charge >= 0.3 is 0 Å². The number of aromatic nitrogens is 2. The van der Waals surface area contributed by atoms with Crippen molar-refractivity contribution in [3.05, 3.63) is 12.4 Å². The summed E-state index contributed by atoms with van der Waals surface area (Å²) in [7, 11) is -1.63. The molecular weight excluding hydrogens is 252 g/mol. The Kier molecular flexibility index (Phi) is 4.31. The highest BCUT2D eigenvalue weighted by Crippen LogP contribution is 2.14. The van der Waals surface area contributed by atoms with Gasteiger partial charge in [-0.15, -0.1) is 12.4 Å². The first kappa shape index (κ1) is 13.4. The molecule has 0 spiro atoms. The van der Waals surface area contributed by atoms with Gasteiger partial charge in [-0.05, 0) is 0 Å². The Morgan fingerprint density at radius 1 is 1.38 bits per heavy atom. The second-order valence-corrected chi connectivity index (χ2v) is 5.44. The van der Waals surface area contributed by atoms with E-state index >= 15 is 0 Å². The number of nitrogens with one attached hydrogen (secondary N) is 1.